The second-order valence-corrected chi connectivity index (χ2v) is 5.98. The summed E-state index contributed by atoms with van der Waals surface area (Å²) in [5, 5.41) is 1.17. The van der Waals surface area contributed by atoms with E-state index in [0.717, 1.165) is 17.6 Å². The first kappa shape index (κ1) is 15.1. The van der Waals surface area contributed by atoms with Crippen LogP contribution >= 0.6 is 0 Å². The number of aromatic nitrogens is 3. The quantitative estimate of drug-likeness (QED) is 0.781. The number of benzene rings is 1. The first-order chi connectivity index (χ1) is 11.5. The molecule has 0 radical (unpaired) electrons. The summed E-state index contributed by atoms with van der Waals surface area (Å²) in [6, 6.07) is 8.07. The molecule has 124 valence electrons. The molecule has 0 amide bonds. The van der Waals surface area contributed by atoms with Gasteiger partial charge in [0.2, 0.25) is 5.82 Å². The SMILES string of the molecule is FC(F)(F)c1ncc2c(n1)CCN(Cc1c[nH]c3ccccc13)C2. The number of aromatic amines is 1. The maximum absolute atomic E-state index is 12.7. The molecule has 1 aliphatic heterocycles. The zero-order chi connectivity index (χ0) is 16.7. The minimum absolute atomic E-state index is 0.503. The molecule has 3 aromatic rings. The van der Waals surface area contributed by atoms with Gasteiger partial charge in [0, 0.05) is 54.9 Å². The molecule has 2 aromatic heterocycles. The third-order valence-electron chi connectivity index (χ3n) is 4.34. The summed E-state index contributed by atoms with van der Waals surface area (Å²) in [4.78, 5) is 12.6. The van der Waals surface area contributed by atoms with E-state index in [1.807, 2.05) is 24.4 Å². The van der Waals surface area contributed by atoms with Crippen molar-refractivity contribution in [2.45, 2.75) is 25.7 Å². The van der Waals surface area contributed by atoms with Crippen molar-refractivity contribution in [1.82, 2.24) is 19.9 Å². The zero-order valence-corrected chi connectivity index (χ0v) is 12.8. The highest BCUT2D eigenvalue weighted by Gasteiger charge is 2.35. The highest BCUT2D eigenvalue weighted by Crippen LogP contribution is 2.28. The summed E-state index contributed by atoms with van der Waals surface area (Å²) in [5.74, 6) is -1.05. The number of hydrogen-bond donors (Lipinski definition) is 1. The molecule has 24 heavy (non-hydrogen) atoms. The van der Waals surface area contributed by atoms with Gasteiger partial charge in [-0.05, 0) is 11.6 Å². The largest absolute Gasteiger partial charge is 0.451 e. The van der Waals surface area contributed by atoms with E-state index in [4.69, 9.17) is 0 Å². The van der Waals surface area contributed by atoms with E-state index in [1.54, 1.807) is 0 Å². The van der Waals surface area contributed by atoms with E-state index in [2.05, 4.69) is 25.9 Å². The van der Waals surface area contributed by atoms with Crippen LogP contribution in [-0.2, 0) is 25.7 Å². The zero-order valence-electron chi connectivity index (χ0n) is 12.8. The molecule has 0 unspecified atom stereocenters. The van der Waals surface area contributed by atoms with Gasteiger partial charge in [-0.15, -0.1) is 0 Å². The predicted octanol–water partition coefficient (Wildman–Crippen LogP) is 3.54. The molecular weight excluding hydrogens is 317 g/mol. The van der Waals surface area contributed by atoms with Gasteiger partial charge in [0.15, 0.2) is 0 Å². The van der Waals surface area contributed by atoms with E-state index in [-0.39, 0.29) is 0 Å². The van der Waals surface area contributed by atoms with Gasteiger partial charge in [-0.1, -0.05) is 18.2 Å². The Hall–Kier alpha value is -2.41. The van der Waals surface area contributed by atoms with Gasteiger partial charge < -0.3 is 4.98 Å². The molecule has 0 aliphatic carbocycles. The summed E-state index contributed by atoms with van der Waals surface area (Å²) in [5.41, 5.74) is 3.55. The van der Waals surface area contributed by atoms with Crippen molar-refractivity contribution in [3.63, 3.8) is 0 Å². The van der Waals surface area contributed by atoms with Gasteiger partial charge in [-0.3, -0.25) is 4.90 Å². The Labute approximate surface area is 136 Å². The molecule has 0 spiro atoms. The highest BCUT2D eigenvalue weighted by molar-refractivity contribution is 5.82. The summed E-state index contributed by atoms with van der Waals surface area (Å²) >= 11 is 0. The number of alkyl halides is 3. The van der Waals surface area contributed by atoms with Crippen LogP contribution < -0.4 is 0 Å². The first-order valence-electron chi connectivity index (χ1n) is 7.70. The molecule has 1 N–H and O–H groups in total. The Morgan fingerprint density at radius 3 is 2.88 bits per heavy atom. The Morgan fingerprint density at radius 1 is 1.21 bits per heavy atom. The van der Waals surface area contributed by atoms with Crippen LogP contribution in [0.15, 0.2) is 36.7 Å². The third-order valence-corrected chi connectivity index (χ3v) is 4.34. The average molecular weight is 332 g/mol. The number of rotatable bonds is 2. The Balaban J connectivity index is 1.54. The lowest BCUT2D eigenvalue weighted by molar-refractivity contribution is -0.145. The Kier molecular flexibility index (Phi) is 3.53. The molecule has 4 nitrogen and oxygen atoms in total. The Morgan fingerprint density at radius 2 is 2.04 bits per heavy atom. The maximum Gasteiger partial charge on any atom is 0.451 e. The van der Waals surface area contributed by atoms with Crippen molar-refractivity contribution >= 4 is 10.9 Å². The van der Waals surface area contributed by atoms with E-state index < -0.39 is 12.0 Å². The fourth-order valence-corrected chi connectivity index (χ4v) is 3.15. The molecule has 4 rings (SSSR count). The average Bonchev–Trinajstić information content (AvgIpc) is 2.97. The van der Waals surface area contributed by atoms with E-state index >= 15 is 0 Å². The standard InChI is InChI=1S/C17H15F3N4/c18-17(19,20)16-22-8-12-10-24(6-5-14(12)23-16)9-11-7-21-15-4-2-1-3-13(11)15/h1-4,7-8,21H,5-6,9-10H2. The molecule has 0 saturated carbocycles. The van der Waals surface area contributed by atoms with Gasteiger partial charge >= 0.3 is 6.18 Å². The molecular formula is C17H15F3N4. The highest BCUT2D eigenvalue weighted by atomic mass is 19.4. The lowest BCUT2D eigenvalue weighted by Crippen LogP contribution is -2.31. The van der Waals surface area contributed by atoms with Crippen LogP contribution in [0.3, 0.4) is 0 Å². The molecule has 0 fully saturated rings. The number of para-hydroxylation sites is 1. The monoisotopic (exact) mass is 332 g/mol. The van der Waals surface area contributed by atoms with Crippen LogP contribution in [-0.4, -0.2) is 26.4 Å². The summed E-state index contributed by atoms with van der Waals surface area (Å²) in [7, 11) is 0. The molecule has 7 heteroatoms. The van der Waals surface area contributed by atoms with Crippen LogP contribution in [0.1, 0.15) is 22.6 Å². The number of hydrogen-bond acceptors (Lipinski definition) is 3. The number of nitrogens with zero attached hydrogens (tertiary/aromatic N) is 3. The summed E-state index contributed by atoms with van der Waals surface area (Å²) < 4.78 is 38.1. The van der Waals surface area contributed by atoms with Gasteiger partial charge in [0.05, 0.1) is 5.69 Å². The number of halogens is 3. The topological polar surface area (TPSA) is 44.8 Å². The molecule has 3 heterocycles. The summed E-state index contributed by atoms with van der Waals surface area (Å²) in [6.07, 6.45) is -0.685. The normalized spacial score (nSPS) is 15.6. The predicted molar refractivity (Wildman–Crippen MR) is 83.2 cm³/mol. The minimum atomic E-state index is -4.49. The maximum atomic E-state index is 12.7. The van der Waals surface area contributed by atoms with E-state index in [0.29, 0.717) is 25.2 Å². The number of nitrogens with one attached hydrogen (secondary N) is 1. The van der Waals surface area contributed by atoms with Gasteiger partial charge in [0.1, 0.15) is 0 Å². The lowest BCUT2D eigenvalue weighted by Gasteiger charge is -2.28. The fourth-order valence-electron chi connectivity index (χ4n) is 3.15. The Bertz CT molecular complexity index is 885. The van der Waals surface area contributed by atoms with Crippen molar-refractivity contribution in [3.8, 4) is 0 Å². The van der Waals surface area contributed by atoms with Crippen molar-refractivity contribution in [3.05, 3.63) is 59.3 Å². The van der Waals surface area contributed by atoms with Crippen LogP contribution in [0.5, 0.6) is 0 Å². The van der Waals surface area contributed by atoms with Gasteiger partial charge in [0.25, 0.3) is 0 Å². The smallest absolute Gasteiger partial charge is 0.361 e. The summed E-state index contributed by atoms with van der Waals surface area (Å²) in [6.45, 7) is 1.98. The van der Waals surface area contributed by atoms with Crippen molar-refractivity contribution in [2.75, 3.05) is 6.54 Å². The van der Waals surface area contributed by atoms with Crippen molar-refractivity contribution in [2.24, 2.45) is 0 Å². The molecule has 0 atom stereocenters. The first-order valence-corrected chi connectivity index (χ1v) is 7.70. The second kappa shape index (κ2) is 5.59. The van der Waals surface area contributed by atoms with Crippen LogP contribution in [0.2, 0.25) is 0 Å². The second-order valence-electron chi connectivity index (χ2n) is 5.98. The van der Waals surface area contributed by atoms with Crippen LogP contribution in [0.25, 0.3) is 10.9 Å². The van der Waals surface area contributed by atoms with Gasteiger partial charge in [-0.25, -0.2) is 9.97 Å². The molecule has 0 saturated heterocycles. The minimum Gasteiger partial charge on any atom is -0.361 e. The third kappa shape index (κ3) is 2.75. The number of fused-ring (bicyclic) bond motifs is 2. The van der Waals surface area contributed by atoms with Crippen molar-refractivity contribution in [1.29, 1.82) is 0 Å². The molecule has 1 aromatic carbocycles. The van der Waals surface area contributed by atoms with E-state index in [9.17, 15) is 13.2 Å². The number of H-pyrrole nitrogens is 1. The van der Waals surface area contributed by atoms with Crippen LogP contribution in [0.4, 0.5) is 13.2 Å². The van der Waals surface area contributed by atoms with Gasteiger partial charge in [-0.2, -0.15) is 13.2 Å². The fraction of sp³-hybridized carbons (Fsp3) is 0.294. The van der Waals surface area contributed by atoms with E-state index in [1.165, 1.54) is 17.1 Å². The van der Waals surface area contributed by atoms with Crippen molar-refractivity contribution < 1.29 is 13.2 Å². The molecule has 1 aliphatic rings. The molecule has 0 bridgehead atoms. The van der Waals surface area contributed by atoms with Crippen LogP contribution in [0, 0.1) is 0 Å². The lowest BCUT2D eigenvalue weighted by atomic mass is 10.1.